The van der Waals surface area contributed by atoms with Crippen LogP contribution in [0.4, 0.5) is 0 Å². The predicted octanol–water partition coefficient (Wildman–Crippen LogP) is 7.21. The summed E-state index contributed by atoms with van der Waals surface area (Å²) in [4.78, 5) is 18.0. The van der Waals surface area contributed by atoms with Crippen molar-refractivity contribution >= 4 is 0 Å². The van der Waals surface area contributed by atoms with Gasteiger partial charge >= 0.3 is 0 Å². The summed E-state index contributed by atoms with van der Waals surface area (Å²) in [7, 11) is 0. The van der Waals surface area contributed by atoms with Gasteiger partial charge in [0.2, 0.25) is 0 Å². The zero-order valence-corrected chi connectivity index (χ0v) is 23.4. The molecule has 2 aromatic heterocycles. The Kier molecular flexibility index (Phi) is 7.67. The minimum atomic E-state index is -0.0688. The zero-order valence-electron chi connectivity index (χ0n) is 23.4. The Labute approximate surface area is 258 Å². The first-order chi connectivity index (χ1) is 22.1. The monoisotopic (exact) mass is 578 g/mol. The van der Waals surface area contributed by atoms with Crippen molar-refractivity contribution in [2.24, 2.45) is 0 Å². The highest BCUT2D eigenvalue weighted by Gasteiger charge is 2.19. The maximum Gasteiger partial charge on any atom is 0.177 e. The van der Waals surface area contributed by atoms with Crippen molar-refractivity contribution in [3.63, 3.8) is 0 Å². The number of hydrogen-bond acceptors (Lipinski definition) is 9. The van der Waals surface area contributed by atoms with Gasteiger partial charge in [-0.1, -0.05) is 84.9 Å². The van der Waals surface area contributed by atoms with E-state index in [1.807, 2.05) is 97.1 Å². The number of nitrogens with zero attached hydrogens (tertiary/aromatic N) is 8. The summed E-state index contributed by atoms with van der Waals surface area (Å²) in [6.07, 6.45) is 0. The first kappa shape index (κ1) is 27.9. The van der Waals surface area contributed by atoms with E-state index in [0.717, 1.165) is 11.1 Å². The minimum Gasteiger partial charge on any atom is -0.457 e. The van der Waals surface area contributed by atoms with E-state index in [0.29, 0.717) is 45.4 Å². The smallest absolute Gasteiger partial charge is 0.177 e. The van der Waals surface area contributed by atoms with Crippen molar-refractivity contribution in [1.29, 1.82) is 21.0 Å². The molecule has 0 aliphatic rings. The van der Waals surface area contributed by atoms with Gasteiger partial charge in [-0.05, 0) is 24.3 Å². The van der Waals surface area contributed by atoms with E-state index < -0.39 is 0 Å². The summed E-state index contributed by atoms with van der Waals surface area (Å²) in [5.41, 5.74) is 4.32. The third-order valence-electron chi connectivity index (χ3n) is 6.76. The number of hydrogen-bond donors (Lipinski definition) is 0. The van der Waals surface area contributed by atoms with E-state index in [4.69, 9.17) is 4.74 Å². The topological polar surface area (TPSA) is 156 Å². The first-order valence-electron chi connectivity index (χ1n) is 13.6. The third kappa shape index (κ3) is 5.65. The summed E-state index contributed by atoms with van der Waals surface area (Å²) in [5, 5.41) is 38.4. The molecule has 0 fully saturated rings. The average Bonchev–Trinajstić information content (AvgIpc) is 3.11. The van der Waals surface area contributed by atoms with Gasteiger partial charge in [-0.15, -0.1) is 0 Å². The summed E-state index contributed by atoms with van der Waals surface area (Å²) < 4.78 is 6.27. The summed E-state index contributed by atoms with van der Waals surface area (Å²) >= 11 is 0. The molecule has 0 aliphatic carbocycles. The number of nitriles is 4. The van der Waals surface area contributed by atoms with Crippen LogP contribution < -0.4 is 4.74 Å². The lowest BCUT2D eigenvalue weighted by Crippen LogP contribution is -2.01. The van der Waals surface area contributed by atoms with Crippen LogP contribution in [0.3, 0.4) is 0 Å². The molecule has 0 saturated carbocycles. The molecule has 0 spiro atoms. The SMILES string of the molecule is N#Cc1nc(-c2ccccc2)c(-c2cccc(Oc3cccc(-c4nc(C#N)c(C#N)nc4-c4ccccc4)c3)c2)nc1C#N. The molecule has 0 atom stereocenters. The normalized spacial score (nSPS) is 10.1. The van der Waals surface area contributed by atoms with Crippen LogP contribution in [0.25, 0.3) is 45.0 Å². The van der Waals surface area contributed by atoms with Gasteiger partial charge in [0.25, 0.3) is 0 Å². The van der Waals surface area contributed by atoms with Crippen LogP contribution >= 0.6 is 0 Å². The van der Waals surface area contributed by atoms with Crippen LogP contribution in [0.1, 0.15) is 22.8 Å². The molecule has 6 aromatic rings. The van der Waals surface area contributed by atoms with E-state index in [1.165, 1.54) is 0 Å². The number of aromatic nitrogens is 4. The van der Waals surface area contributed by atoms with Gasteiger partial charge in [0.1, 0.15) is 35.8 Å². The van der Waals surface area contributed by atoms with E-state index in [9.17, 15) is 21.0 Å². The van der Waals surface area contributed by atoms with Gasteiger partial charge in [-0.3, -0.25) is 0 Å². The third-order valence-corrected chi connectivity index (χ3v) is 6.76. The van der Waals surface area contributed by atoms with E-state index in [-0.39, 0.29) is 22.8 Å². The molecule has 9 heteroatoms. The van der Waals surface area contributed by atoms with Crippen LogP contribution in [-0.4, -0.2) is 19.9 Å². The second kappa shape index (κ2) is 12.3. The largest absolute Gasteiger partial charge is 0.457 e. The second-order valence-electron chi connectivity index (χ2n) is 9.57. The van der Waals surface area contributed by atoms with E-state index in [2.05, 4.69) is 19.9 Å². The van der Waals surface area contributed by atoms with Gasteiger partial charge in [0.15, 0.2) is 22.8 Å². The Morgan fingerprint density at radius 2 is 0.689 bits per heavy atom. The molecule has 4 aromatic carbocycles. The fourth-order valence-electron chi connectivity index (χ4n) is 4.73. The summed E-state index contributed by atoms with van der Waals surface area (Å²) in [6.45, 7) is 0. The number of rotatable bonds is 6. The van der Waals surface area contributed by atoms with Crippen molar-refractivity contribution < 1.29 is 4.74 Å². The fourth-order valence-corrected chi connectivity index (χ4v) is 4.73. The Morgan fingerprint density at radius 3 is 1.02 bits per heavy atom. The van der Waals surface area contributed by atoms with Crippen LogP contribution in [0.15, 0.2) is 109 Å². The maximum absolute atomic E-state index is 9.63. The van der Waals surface area contributed by atoms with Gasteiger partial charge in [0, 0.05) is 22.3 Å². The number of benzene rings is 4. The van der Waals surface area contributed by atoms with Gasteiger partial charge in [-0.25, -0.2) is 19.9 Å². The average molecular weight is 579 g/mol. The first-order valence-corrected chi connectivity index (χ1v) is 13.6. The highest BCUT2D eigenvalue weighted by atomic mass is 16.5. The molecule has 6 rings (SSSR count). The highest BCUT2D eigenvalue weighted by Crippen LogP contribution is 2.35. The highest BCUT2D eigenvalue weighted by molar-refractivity contribution is 5.81. The maximum atomic E-state index is 9.63. The minimum absolute atomic E-state index is 0.0512. The van der Waals surface area contributed by atoms with Crippen LogP contribution in [0.5, 0.6) is 11.5 Å². The Hall–Kier alpha value is -7.20. The lowest BCUT2D eigenvalue weighted by atomic mass is 10.0. The predicted molar refractivity (Wildman–Crippen MR) is 165 cm³/mol. The molecule has 0 saturated heterocycles. The molecule has 0 aliphatic heterocycles. The van der Waals surface area contributed by atoms with Gasteiger partial charge < -0.3 is 4.74 Å². The van der Waals surface area contributed by atoms with Crippen molar-refractivity contribution in [3.8, 4) is 80.8 Å². The van der Waals surface area contributed by atoms with Crippen molar-refractivity contribution in [2.75, 3.05) is 0 Å². The Bertz CT molecular complexity index is 2080. The standard InChI is InChI=1S/C36H18N8O/c37-19-29-31(21-39)43-35(33(41-29)23-9-3-1-4-10-23)25-13-7-15-27(17-25)45-28-16-8-14-26(18-28)36-34(24-11-5-2-6-12-24)42-30(20-38)32(22-40)44-36/h1-18H. The quantitative estimate of drug-likeness (QED) is 0.199. The fraction of sp³-hybridized carbons (Fsp3) is 0. The lowest BCUT2D eigenvalue weighted by molar-refractivity contribution is 0.483. The number of ether oxygens (including phenoxy) is 1. The van der Waals surface area contributed by atoms with E-state index >= 15 is 0 Å². The van der Waals surface area contributed by atoms with Crippen molar-refractivity contribution in [1.82, 2.24) is 19.9 Å². The summed E-state index contributed by atoms with van der Waals surface area (Å²) in [5.74, 6) is 0.973. The Morgan fingerprint density at radius 1 is 0.378 bits per heavy atom. The molecule has 9 nitrogen and oxygen atoms in total. The van der Waals surface area contributed by atoms with Crippen LogP contribution in [0, 0.1) is 45.3 Å². The molecule has 208 valence electrons. The molecular formula is C36H18N8O. The zero-order chi connectivity index (χ0) is 31.2. The molecule has 0 radical (unpaired) electrons. The van der Waals surface area contributed by atoms with Gasteiger partial charge in [-0.2, -0.15) is 21.0 Å². The molecule has 0 amide bonds. The van der Waals surface area contributed by atoms with Crippen LogP contribution in [-0.2, 0) is 0 Å². The van der Waals surface area contributed by atoms with Crippen molar-refractivity contribution in [2.45, 2.75) is 0 Å². The molecule has 0 bridgehead atoms. The van der Waals surface area contributed by atoms with Gasteiger partial charge in [0.05, 0.1) is 22.8 Å². The molecule has 2 heterocycles. The molecular weight excluding hydrogens is 560 g/mol. The van der Waals surface area contributed by atoms with Crippen molar-refractivity contribution in [3.05, 3.63) is 132 Å². The second-order valence-corrected chi connectivity index (χ2v) is 9.57. The van der Waals surface area contributed by atoms with E-state index in [1.54, 1.807) is 36.4 Å². The Balaban J connectivity index is 1.41. The molecule has 0 N–H and O–H groups in total. The molecule has 45 heavy (non-hydrogen) atoms. The molecule has 0 unspecified atom stereocenters. The summed E-state index contributed by atoms with van der Waals surface area (Å²) in [6, 6.07) is 40.9. The lowest BCUT2D eigenvalue weighted by Gasteiger charge is -2.13. The van der Waals surface area contributed by atoms with Crippen LogP contribution in [0.2, 0.25) is 0 Å².